The smallest absolute Gasteiger partial charge is 0.220 e. The molecule has 0 aliphatic carbocycles. The Morgan fingerprint density at radius 2 is 2.46 bits per heavy atom. The van der Waals surface area contributed by atoms with E-state index in [-0.39, 0.29) is 5.95 Å². The van der Waals surface area contributed by atoms with Gasteiger partial charge < -0.3 is 10.5 Å². The van der Waals surface area contributed by atoms with Gasteiger partial charge in [0.25, 0.3) is 0 Å². The number of hydrogen-bond acceptors (Lipinski definition) is 4. The molecule has 0 aliphatic rings. The van der Waals surface area contributed by atoms with Gasteiger partial charge in [-0.1, -0.05) is 11.6 Å². The van der Waals surface area contributed by atoms with Gasteiger partial charge in [0.2, 0.25) is 5.95 Å². The van der Waals surface area contributed by atoms with Gasteiger partial charge in [-0.05, 0) is 13.0 Å². The van der Waals surface area contributed by atoms with Crippen LogP contribution in [0.3, 0.4) is 0 Å². The summed E-state index contributed by atoms with van der Waals surface area (Å²) >= 11 is 5.79. The standard InChI is InChI=1S/C8H10ClN3O/c1-2-13-4-3-7-6(9)5-11-8(10)12-7/h3-5H,2H2,1H3,(H2,10,11,12)/b4-3+. The maximum atomic E-state index is 5.79. The third-order valence-electron chi connectivity index (χ3n) is 1.28. The molecule has 0 fully saturated rings. The molecule has 0 aromatic carbocycles. The third-order valence-corrected chi connectivity index (χ3v) is 1.57. The summed E-state index contributed by atoms with van der Waals surface area (Å²) in [4.78, 5) is 7.64. The number of nitrogens with zero attached hydrogens (tertiary/aromatic N) is 2. The molecule has 0 spiro atoms. The first-order valence-electron chi connectivity index (χ1n) is 3.80. The van der Waals surface area contributed by atoms with Crippen LogP contribution in [-0.4, -0.2) is 16.6 Å². The molecule has 1 aromatic heterocycles. The highest BCUT2D eigenvalue weighted by molar-refractivity contribution is 6.31. The molecule has 0 bridgehead atoms. The molecule has 70 valence electrons. The summed E-state index contributed by atoms with van der Waals surface area (Å²) in [7, 11) is 0. The van der Waals surface area contributed by atoms with Crippen molar-refractivity contribution in [2.75, 3.05) is 12.3 Å². The van der Waals surface area contributed by atoms with E-state index in [1.54, 1.807) is 6.08 Å². The van der Waals surface area contributed by atoms with Crippen molar-refractivity contribution in [2.45, 2.75) is 6.92 Å². The summed E-state index contributed by atoms with van der Waals surface area (Å²) in [6.45, 7) is 2.50. The summed E-state index contributed by atoms with van der Waals surface area (Å²) in [6, 6.07) is 0. The highest BCUT2D eigenvalue weighted by Crippen LogP contribution is 2.14. The van der Waals surface area contributed by atoms with Crippen LogP contribution in [0.15, 0.2) is 12.5 Å². The average Bonchev–Trinajstić information content (AvgIpc) is 2.11. The quantitative estimate of drug-likeness (QED) is 0.753. The number of anilines is 1. The Morgan fingerprint density at radius 1 is 1.69 bits per heavy atom. The van der Waals surface area contributed by atoms with E-state index in [1.807, 2.05) is 6.92 Å². The average molecular weight is 200 g/mol. The molecular formula is C8H10ClN3O. The molecule has 1 heterocycles. The first-order chi connectivity index (χ1) is 6.24. The minimum Gasteiger partial charge on any atom is -0.501 e. The van der Waals surface area contributed by atoms with Gasteiger partial charge in [-0.25, -0.2) is 9.97 Å². The Bertz CT molecular complexity index is 314. The van der Waals surface area contributed by atoms with Crippen LogP contribution in [0.5, 0.6) is 0 Å². The molecule has 0 amide bonds. The monoisotopic (exact) mass is 199 g/mol. The lowest BCUT2D eigenvalue weighted by Crippen LogP contribution is -1.96. The zero-order valence-electron chi connectivity index (χ0n) is 7.20. The summed E-state index contributed by atoms with van der Waals surface area (Å²) in [5, 5.41) is 0.449. The number of ether oxygens (including phenoxy) is 1. The zero-order chi connectivity index (χ0) is 9.68. The highest BCUT2D eigenvalue weighted by Gasteiger charge is 1.98. The van der Waals surface area contributed by atoms with Crippen molar-refractivity contribution in [1.82, 2.24) is 9.97 Å². The Labute approximate surface area is 81.4 Å². The largest absolute Gasteiger partial charge is 0.501 e. The van der Waals surface area contributed by atoms with Crippen LogP contribution in [0.4, 0.5) is 5.95 Å². The van der Waals surface area contributed by atoms with E-state index in [2.05, 4.69) is 9.97 Å². The highest BCUT2D eigenvalue weighted by atomic mass is 35.5. The molecular weight excluding hydrogens is 190 g/mol. The van der Waals surface area contributed by atoms with Crippen LogP contribution in [-0.2, 0) is 4.74 Å². The Balaban J connectivity index is 2.81. The van der Waals surface area contributed by atoms with Gasteiger partial charge in [0.05, 0.1) is 29.8 Å². The first kappa shape index (κ1) is 9.80. The molecule has 5 heteroatoms. The molecule has 4 nitrogen and oxygen atoms in total. The van der Waals surface area contributed by atoms with Crippen molar-refractivity contribution in [3.05, 3.63) is 23.2 Å². The van der Waals surface area contributed by atoms with Gasteiger partial charge in [0.15, 0.2) is 0 Å². The fourth-order valence-electron chi connectivity index (χ4n) is 0.720. The maximum absolute atomic E-state index is 5.79. The second-order valence-electron chi connectivity index (χ2n) is 2.22. The van der Waals surface area contributed by atoms with Gasteiger partial charge in [-0.15, -0.1) is 0 Å². The van der Waals surface area contributed by atoms with E-state index in [4.69, 9.17) is 22.1 Å². The van der Waals surface area contributed by atoms with Crippen molar-refractivity contribution >= 4 is 23.6 Å². The minimum absolute atomic E-state index is 0.195. The SMILES string of the molecule is CCO/C=C/c1nc(N)ncc1Cl. The van der Waals surface area contributed by atoms with E-state index in [0.717, 1.165) is 0 Å². The second kappa shape index (κ2) is 4.67. The topological polar surface area (TPSA) is 61.0 Å². The first-order valence-corrected chi connectivity index (χ1v) is 4.18. The molecule has 0 aliphatic heterocycles. The van der Waals surface area contributed by atoms with Crippen LogP contribution in [0.25, 0.3) is 6.08 Å². The molecule has 0 saturated heterocycles. The van der Waals surface area contributed by atoms with Crippen LogP contribution < -0.4 is 5.73 Å². The summed E-state index contributed by atoms with van der Waals surface area (Å²) in [5.74, 6) is 0.195. The molecule has 0 unspecified atom stereocenters. The number of halogens is 1. The van der Waals surface area contributed by atoms with Crippen LogP contribution in [0.2, 0.25) is 5.02 Å². The maximum Gasteiger partial charge on any atom is 0.220 e. The van der Waals surface area contributed by atoms with Gasteiger partial charge >= 0.3 is 0 Å². The van der Waals surface area contributed by atoms with E-state index >= 15 is 0 Å². The summed E-state index contributed by atoms with van der Waals surface area (Å²) < 4.78 is 4.99. The molecule has 13 heavy (non-hydrogen) atoms. The lowest BCUT2D eigenvalue weighted by atomic mass is 10.4. The molecule has 0 atom stereocenters. The van der Waals surface area contributed by atoms with E-state index in [9.17, 15) is 0 Å². The molecule has 2 N–H and O–H groups in total. The molecule has 0 saturated carbocycles. The zero-order valence-corrected chi connectivity index (χ0v) is 7.95. The fourth-order valence-corrected chi connectivity index (χ4v) is 0.874. The van der Waals surface area contributed by atoms with E-state index in [0.29, 0.717) is 17.3 Å². The number of rotatable bonds is 3. The molecule has 0 radical (unpaired) electrons. The lowest BCUT2D eigenvalue weighted by molar-refractivity contribution is 0.272. The van der Waals surface area contributed by atoms with Crippen molar-refractivity contribution in [3.63, 3.8) is 0 Å². The number of nitrogen functional groups attached to an aromatic ring is 1. The van der Waals surface area contributed by atoms with Crippen molar-refractivity contribution < 1.29 is 4.74 Å². The third kappa shape index (κ3) is 2.91. The Hall–Kier alpha value is -1.29. The number of nitrogens with two attached hydrogens (primary N) is 1. The van der Waals surface area contributed by atoms with Crippen molar-refractivity contribution in [1.29, 1.82) is 0 Å². The van der Waals surface area contributed by atoms with Crippen molar-refractivity contribution in [2.24, 2.45) is 0 Å². The van der Waals surface area contributed by atoms with Gasteiger partial charge in [-0.2, -0.15) is 0 Å². The predicted octanol–water partition coefficient (Wildman–Crippen LogP) is 1.72. The Kier molecular flexibility index (Phi) is 3.52. The summed E-state index contributed by atoms with van der Waals surface area (Å²) in [6.07, 6.45) is 4.62. The predicted molar refractivity (Wildman–Crippen MR) is 52.1 cm³/mol. The van der Waals surface area contributed by atoms with Gasteiger partial charge in [0.1, 0.15) is 0 Å². The van der Waals surface area contributed by atoms with Gasteiger partial charge in [0, 0.05) is 0 Å². The van der Waals surface area contributed by atoms with Gasteiger partial charge in [-0.3, -0.25) is 0 Å². The van der Waals surface area contributed by atoms with Crippen molar-refractivity contribution in [3.8, 4) is 0 Å². The normalized spacial score (nSPS) is 10.6. The second-order valence-corrected chi connectivity index (χ2v) is 2.63. The molecule has 1 aromatic rings. The lowest BCUT2D eigenvalue weighted by Gasteiger charge is -1.97. The molecule has 1 rings (SSSR count). The fraction of sp³-hybridized carbons (Fsp3) is 0.250. The van der Waals surface area contributed by atoms with Crippen LogP contribution in [0.1, 0.15) is 12.6 Å². The number of aromatic nitrogens is 2. The van der Waals surface area contributed by atoms with Crippen LogP contribution >= 0.6 is 11.6 Å². The van der Waals surface area contributed by atoms with E-state index < -0.39 is 0 Å². The Morgan fingerprint density at radius 3 is 3.15 bits per heavy atom. The minimum atomic E-state index is 0.195. The summed E-state index contributed by atoms with van der Waals surface area (Å²) in [5.41, 5.74) is 5.93. The number of hydrogen-bond donors (Lipinski definition) is 1. The van der Waals surface area contributed by atoms with Crippen LogP contribution in [0, 0.1) is 0 Å². The van der Waals surface area contributed by atoms with E-state index in [1.165, 1.54) is 12.5 Å².